The number of methoxy groups -OCH3 is 1. The molecule has 2 amide bonds. The number of benzene rings is 2. The van der Waals surface area contributed by atoms with Gasteiger partial charge in [0.2, 0.25) is 0 Å². The minimum Gasteiger partial charge on any atom is -0.385 e. The summed E-state index contributed by atoms with van der Waals surface area (Å²) in [6, 6.07) is 15.7. The van der Waals surface area contributed by atoms with Gasteiger partial charge in [0, 0.05) is 64.4 Å². The third kappa shape index (κ3) is 7.61. The van der Waals surface area contributed by atoms with Gasteiger partial charge in [-0.05, 0) is 30.2 Å². The number of amides is 2. The van der Waals surface area contributed by atoms with E-state index < -0.39 is 10.7 Å². The lowest BCUT2D eigenvalue weighted by Crippen LogP contribution is -2.46. The summed E-state index contributed by atoms with van der Waals surface area (Å²) in [5.74, 6) is -0.732. The summed E-state index contributed by atoms with van der Waals surface area (Å²) in [5.41, 5.74) is 3.10. The van der Waals surface area contributed by atoms with Gasteiger partial charge in [0.15, 0.2) is 4.84 Å². The molecule has 7 nitrogen and oxygen atoms in total. The molecule has 0 aromatic heterocycles. The van der Waals surface area contributed by atoms with Crippen LogP contribution in [0.4, 0.5) is 11.4 Å². The van der Waals surface area contributed by atoms with Crippen LogP contribution in [0, 0.1) is 0 Å². The van der Waals surface area contributed by atoms with Gasteiger partial charge in [0.1, 0.15) is 0 Å². The number of alkyl halides is 2. The molecule has 1 aliphatic rings. The van der Waals surface area contributed by atoms with Crippen molar-refractivity contribution in [1.29, 1.82) is 0 Å². The second-order valence-corrected chi connectivity index (χ2v) is 8.97. The Hall–Kier alpha value is -2.32. The molecule has 2 aromatic carbocycles. The maximum atomic E-state index is 13.0. The number of halogens is 2. The first-order chi connectivity index (χ1) is 16.0. The van der Waals surface area contributed by atoms with Crippen LogP contribution in [0.25, 0.3) is 0 Å². The van der Waals surface area contributed by atoms with Crippen molar-refractivity contribution < 1.29 is 14.3 Å². The fourth-order valence-corrected chi connectivity index (χ4v) is 3.88. The normalized spacial score (nSPS) is 14.4. The first-order valence-electron chi connectivity index (χ1n) is 11.0. The monoisotopic (exact) mass is 492 g/mol. The third-order valence-electron chi connectivity index (χ3n) is 5.48. The molecular formula is C24H30Cl2N4O3. The van der Waals surface area contributed by atoms with Crippen LogP contribution in [0.2, 0.25) is 0 Å². The van der Waals surface area contributed by atoms with Crippen LogP contribution in [0.3, 0.4) is 0 Å². The molecule has 33 heavy (non-hydrogen) atoms. The zero-order chi connectivity index (χ0) is 23.6. The van der Waals surface area contributed by atoms with Crippen molar-refractivity contribution in [2.24, 2.45) is 0 Å². The summed E-state index contributed by atoms with van der Waals surface area (Å²) in [6.45, 7) is 5.36. The Labute approximate surface area is 205 Å². The molecule has 1 saturated heterocycles. The summed E-state index contributed by atoms with van der Waals surface area (Å²) < 4.78 is 5.05. The molecule has 9 heteroatoms. The zero-order valence-corrected chi connectivity index (χ0v) is 20.2. The van der Waals surface area contributed by atoms with Crippen molar-refractivity contribution in [3.63, 3.8) is 0 Å². The van der Waals surface area contributed by atoms with Gasteiger partial charge in [-0.2, -0.15) is 0 Å². The fourth-order valence-electron chi connectivity index (χ4n) is 3.77. The van der Waals surface area contributed by atoms with Crippen LogP contribution in [-0.2, 0) is 16.1 Å². The van der Waals surface area contributed by atoms with Crippen molar-refractivity contribution in [2.75, 3.05) is 56.7 Å². The lowest BCUT2D eigenvalue weighted by molar-refractivity contribution is -0.114. The SMILES string of the molecule is COCCCNC(=O)c1cc(NC(=O)C(Cl)Cl)ccc1N1CCN(Cc2ccccc2)CC1. The molecule has 0 bridgehead atoms. The Morgan fingerprint density at radius 1 is 1.06 bits per heavy atom. The quantitative estimate of drug-likeness (QED) is 0.392. The largest absolute Gasteiger partial charge is 0.385 e. The van der Waals surface area contributed by atoms with Crippen molar-refractivity contribution in [3.05, 3.63) is 59.7 Å². The lowest BCUT2D eigenvalue weighted by Gasteiger charge is -2.37. The minimum atomic E-state index is -1.19. The maximum absolute atomic E-state index is 13.0. The van der Waals surface area contributed by atoms with E-state index in [1.54, 1.807) is 19.2 Å². The van der Waals surface area contributed by atoms with E-state index in [2.05, 4.69) is 44.7 Å². The molecule has 0 radical (unpaired) electrons. The Bertz CT molecular complexity index is 919. The molecule has 3 rings (SSSR count). The predicted octanol–water partition coefficient (Wildman–Crippen LogP) is 3.52. The van der Waals surface area contributed by atoms with E-state index in [9.17, 15) is 9.59 Å². The number of nitrogens with zero attached hydrogens (tertiary/aromatic N) is 2. The van der Waals surface area contributed by atoms with Crippen LogP contribution in [0.5, 0.6) is 0 Å². The number of carbonyl (C=O) groups excluding carboxylic acids is 2. The Morgan fingerprint density at radius 3 is 2.45 bits per heavy atom. The number of ether oxygens (including phenoxy) is 1. The van der Waals surface area contributed by atoms with Gasteiger partial charge in [-0.15, -0.1) is 0 Å². The molecule has 0 unspecified atom stereocenters. The fraction of sp³-hybridized carbons (Fsp3) is 0.417. The molecule has 1 heterocycles. The molecule has 2 aromatic rings. The highest BCUT2D eigenvalue weighted by molar-refractivity contribution is 6.54. The zero-order valence-electron chi connectivity index (χ0n) is 18.7. The number of nitrogens with one attached hydrogen (secondary N) is 2. The highest BCUT2D eigenvalue weighted by Gasteiger charge is 2.23. The number of rotatable bonds is 10. The van der Waals surface area contributed by atoms with Gasteiger partial charge in [-0.25, -0.2) is 0 Å². The maximum Gasteiger partial charge on any atom is 0.257 e. The first kappa shape index (κ1) is 25.3. The smallest absolute Gasteiger partial charge is 0.257 e. The van der Waals surface area contributed by atoms with E-state index in [1.165, 1.54) is 5.56 Å². The Balaban J connectivity index is 1.71. The third-order valence-corrected chi connectivity index (χ3v) is 5.88. The highest BCUT2D eigenvalue weighted by Crippen LogP contribution is 2.26. The molecule has 178 valence electrons. The Morgan fingerprint density at radius 2 is 1.79 bits per heavy atom. The summed E-state index contributed by atoms with van der Waals surface area (Å²) in [6.07, 6.45) is 0.715. The molecule has 1 fully saturated rings. The average Bonchev–Trinajstić information content (AvgIpc) is 2.83. The van der Waals surface area contributed by atoms with Gasteiger partial charge >= 0.3 is 0 Å². The summed E-state index contributed by atoms with van der Waals surface area (Å²) in [5, 5.41) is 5.59. The molecule has 0 atom stereocenters. The van der Waals surface area contributed by atoms with Crippen LogP contribution in [-0.4, -0.2) is 68.0 Å². The van der Waals surface area contributed by atoms with Crippen molar-refractivity contribution in [2.45, 2.75) is 17.8 Å². The Kier molecular flexibility index (Phi) is 9.81. The predicted molar refractivity (Wildman–Crippen MR) is 133 cm³/mol. The number of hydrogen-bond acceptors (Lipinski definition) is 5. The minimum absolute atomic E-state index is 0.197. The van der Waals surface area contributed by atoms with E-state index in [0.717, 1.165) is 38.4 Å². The van der Waals surface area contributed by atoms with E-state index in [1.807, 2.05) is 12.1 Å². The van der Waals surface area contributed by atoms with E-state index in [4.69, 9.17) is 27.9 Å². The van der Waals surface area contributed by atoms with Gasteiger partial charge in [0.25, 0.3) is 11.8 Å². The van der Waals surface area contributed by atoms with Crippen molar-refractivity contribution >= 4 is 46.4 Å². The van der Waals surface area contributed by atoms with E-state index in [0.29, 0.717) is 30.8 Å². The number of carbonyl (C=O) groups is 2. The van der Waals surface area contributed by atoms with Crippen LogP contribution >= 0.6 is 23.2 Å². The standard InChI is InChI=1S/C24H30Cl2N4O3/c1-33-15-5-10-27-23(31)20-16-19(28-24(32)22(25)26)8-9-21(20)30-13-11-29(12-14-30)17-18-6-3-2-4-7-18/h2-4,6-9,16,22H,5,10-15,17H2,1H3,(H,27,31)(H,28,32). The molecule has 0 saturated carbocycles. The summed E-state index contributed by atoms with van der Waals surface area (Å²) >= 11 is 11.3. The second kappa shape index (κ2) is 12.8. The second-order valence-electron chi connectivity index (χ2n) is 7.87. The van der Waals surface area contributed by atoms with Crippen molar-refractivity contribution in [1.82, 2.24) is 10.2 Å². The average molecular weight is 493 g/mol. The van der Waals surface area contributed by atoms with Crippen molar-refractivity contribution in [3.8, 4) is 0 Å². The lowest BCUT2D eigenvalue weighted by atomic mass is 10.1. The van der Waals surface area contributed by atoms with E-state index >= 15 is 0 Å². The van der Waals surface area contributed by atoms with Gasteiger partial charge in [0.05, 0.1) is 5.56 Å². The molecular weight excluding hydrogens is 463 g/mol. The summed E-state index contributed by atoms with van der Waals surface area (Å²) in [4.78, 5) is 28.3. The number of anilines is 2. The van der Waals surface area contributed by atoms with Crippen LogP contribution < -0.4 is 15.5 Å². The van der Waals surface area contributed by atoms with Gasteiger partial charge < -0.3 is 20.3 Å². The number of hydrogen-bond donors (Lipinski definition) is 2. The van der Waals surface area contributed by atoms with Gasteiger partial charge in [-0.3, -0.25) is 14.5 Å². The van der Waals surface area contributed by atoms with E-state index in [-0.39, 0.29) is 5.91 Å². The highest BCUT2D eigenvalue weighted by atomic mass is 35.5. The summed E-state index contributed by atoms with van der Waals surface area (Å²) in [7, 11) is 1.63. The van der Waals surface area contributed by atoms with Gasteiger partial charge in [-0.1, -0.05) is 53.5 Å². The molecule has 2 N–H and O–H groups in total. The van der Waals surface area contributed by atoms with Crippen LogP contribution in [0.15, 0.2) is 48.5 Å². The van der Waals surface area contributed by atoms with Crippen LogP contribution in [0.1, 0.15) is 22.3 Å². The number of piperazine rings is 1. The first-order valence-corrected chi connectivity index (χ1v) is 11.9. The molecule has 0 aliphatic carbocycles. The molecule has 0 spiro atoms. The topological polar surface area (TPSA) is 73.9 Å². The molecule has 1 aliphatic heterocycles.